The van der Waals surface area contributed by atoms with Crippen molar-refractivity contribution in [3.63, 3.8) is 0 Å². The number of methoxy groups -OCH3 is 1. The minimum Gasteiger partial charge on any atom is -0.467 e. The molecule has 5 rings (SSSR count). The topological polar surface area (TPSA) is 123 Å². The van der Waals surface area contributed by atoms with E-state index in [1.165, 1.54) is 38.3 Å². The van der Waals surface area contributed by atoms with Gasteiger partial charge >= 0.3 is 5.97 Å². The number of aromatic amines is 1. The summed E-state index contributed by atoms with van der Waals surface area (Å²) < 4.78 is 4.82. The number of H-pyrrole nitrogens is 1. The van der Waals surface area contributed by atoms with Gasteiger partial charge in [0.15, 0.2) is 6.61 Å². The summed E-state index contributed by atoms with van der Waals surface area (Å²) in [7, 11) is 1.29. The van der Waals surface area contributed by atoms with Crippen molar-refractivity contribution < 1.29 is 24.0 Å². The summed E-state index contributed by atoms with van der Waals surface area (Å²) in [6.07, 6.45) is 14.2. The number of hydrogen-bond donors (Lipinski definition) is 2. The van der Waals surface area contributed by atoms with E-state index in [4.69, 9.17) is 9.57 Å². The largest absolute Gasteiger partial charge is 0.467 e. The molecular formula is C30H42N4O5. The Morgan fingerprint density at radius 1 is 1.15 bits per heavy atom. The number of fused-ring (bicyclic) bond motifs is 5. The van der Waals surface area contributed by atoms with Gasteiger partial charge in [-0.05, 0) is 93.0 Å². The standard InChI is InChI=1S/C30H42N4O5/c1-18(35)23-7-8-24-22-6-5-19-13-20(9-11-29(19,2)25(22)10-12-30(23,24)3)34-39-16-27(36)33-26(28(37)38-4)14-21-15-31-17-32-21/h13,15,17,22-26H,5-12,14,16H2,1-4H3,(H,31,32)(H,33,36)/b34-20+/t22-,23+,24+,25-,26+,29+,30-/m1/s1. The number of nitrogens with one attached hydrogen (secondary N) is 2. The van der Waals surface area contributed by atoms with E-state index in [9.17, 15) is 14.4 Å². The molecule has 4 aliphatic rings. The number of oxime groups is 1. The highest BCUT2D eigenvalue weighted by molar-refractivity contribution is 5.96. The van der Waals surface area contributed by atoms with E-state index in [-0.39, 0.29) is 29.8 Å². The van der Waals surface area contributed by atoms with Gasteiger partial charge in [-0.1, -0.05) is 24.6 Å². The Morgan fingerprint density at radius 3 is 2.69 bits per heavy atom. The van der Waals surface area contributed by atoms with Gasteiger partial charge in [-0.25, -0.2) is 9.78 Å². The minimum atomic E-state index is -0.838. The smallest absolute Gasteiger partial charge is 0.328 e. The first-order chi connectivity index (χ1) is 18.7. The second-order valence-electron chi connectivity index (χ2n) is 12.6. The molecule has 212 valence electrons. The number of rotatable bonds is 8. The first kappa shape index (κ1) is 27.6. The number of imidazole rings is 1. The third-order valence-electron chi connectivity index (χ3n) is 10.6. The summed E-state index contributed by atoms with van der Waals surface area (Å²) in [6, 6.07) is -0.838. The summed E-state index contributed by atoms with van der Waals surface area (Å²) >= 11 is 0. The molecule has 9 nitrogen and oxygen atoms in total. The molecule has 0 aromatic carbocycles. The fourth-order valence-electron chi connectivity index (χ4n) is 8.67. The summed E-state index contributed by atoms with van der Waals surface area (Å²) in [5.41, 5.74) is 3.37. The van der Waals surface area contributed by atoms with Crippen LogP contribution >= 0.6 is 0 Å². The summed E-state index contributed by atoms with van der Waals surface area (Å²) in [5.74, 6) is 1.65. The molecule has 0 spiro atoms. The molecule has 3 fully saturated rings. The number of aromatic nitrogens is 2. The van der Waals surface area contributed by atoms with Crippen molar-refractivity contribution in [3.05, 3.63) is 29.9 Å². The first-order valence-electron chi connectivity index (χ1n) is 14.4. The maximum absolute atomic E-state index is 12.5. The third-order valence-corrected chi connectivity index (χ3v) is 10.6. The van der Waals surface area contributed by atoms with Crippen LogP contribution in [0.25, 0.3) is 0 Å². The fraction of sp³-hybridized carbons (Fsp3) is 0.700. The molecule has 1 aromatic rings. The van der Waals surface area contributed by atoms with Crippen molar-refractivity contribution in [1.29, 1.82) is 0 Å². The van der Waals surface area contributed by atoms with Gasteiger partial charge in [0.25, 0.3) is 5.91 Å². The molecule has 39 heavy (non-hydrogen) atoms. The summed E-state index contributed by atoms with van der Waals surface area (Å²) in [6.45, 7) is 6.35. The normalized spacial score (nSPS) is 35.2. The van der Waals surface area contributed by atoms with Crippen molar-refractivity contribution in [2.24, 2.45) is 39.7 Å². The van der Waals surface area contributed by atoms with Crippen molar-refractivity contribution in [3.8, 4) is 0 Å². The SMILES string of the molecule is COC(=O)[C@H](Cc1cnc[nH]1)NC(=O)CO/N=C1/C=C2CC[C@H]3[C@@H](CC[C@]4(C)[C@H](C(C)=O)CC[C@@H]34)[C@@]2(C)CC1. The van der Waals surface area contributed by atoms with E-state index < -0.39 is 17.9 Å². The maximum Gasteiger partial charge on any atom is 0.328 e. The highest BCUT2D eigenvalue weighted by Gasteiger charge is 2.59. The lowest BCUT2D eigenvalue weighted by Gasteiger charge is -2.58. The molecule has 0 saturated heterocycles. The number of ether oxygens (including phenoxy) is 1. The zero-order valence-corrected chi connectivity index (χ0v) is 23.6. The van der Waals surface area contributed by atoms with Crippen LogP contribution in [0, 0.1) is 34.5 Å². The second-order valence-corrected chi connectivity index (χ2v) is 12.6. The van der Waals surface area contributed by atoms with E-state index in [0.717, 1.165) is 37.8 Å². The Bertz CT molecular complexity index is 1160. The molecule has 1 aromatic heterocycles. The highest BCUT2D eigenvalue weighted by atomic mass is 16.6. The summed E-state index contributed by atoms with van der Waals surface area (Å²) in [5, 5.41) is 6.97. The monoisotopic (exact) mass is 538 g/mol. The van der Waals surface area contributed by atoms with Crippen LogP contribution in [0.15, 0.2) is 29.3 Å². The third kappa shape index (κ3) is 5.16. The van der Waals surface area contributed by atoms with Crippen LogP contribution in [-0.2, 0) is 30.4 Å². The molecule has 0 radical (unpaired) electrons. The van der Waals surface area contributed by atoms with E-state index in [1.807, 2.05) is 0 Å². The number of allylic oxidation sites excluding steroid dienone is 2. The van der Waals surface area contributed by atoms with E-state index in [0.29, 0.717) is 29.2 Å². The first-order valence-corrected chi connectivity index (χ1v) is 14.4. The number of carbonyl (C=O) groups is 3. The van der Waals surface area contributed by atoms with Gasteiger partial charge in [0.2, 0.25) is 0 Å². The lowest BCUT2D eigenvalue weighted by atomic mass is 9.46. The quantitative estimate of drug-likeness (QED) is 0.379. The molecular weight excluding hydrogens is 496 g/mol. The van der Waals surface area contributed by atoms with Crippen LogP contribution in [0.1, 0.15) is 77.8 Å². The molecule has 4 aliphatic carbocycles. The van der Waals surface area contributed by atoms with Gasteiger partial charge in [0.1, 0.15) is 11.8 Å². The van der Waals surface area contributed by atoms with Crippen molar-refractivity contribution in [2.45, 2.75) is 84.6 Å². The van der Waals surface area contributed by atoms with Crippen LogP contribution < -0.4 is 5.32 Å². The molecule has 1 heterocycles. The van der Waals surface area contributed by atoms with Gasteiger partial charge in [0, 0.05) is 24.2 Å². The van der Waals surface area contributed by atoms with Crippen molar-refractivity contribution in [2.75, 3.05) is 13.7 Å². The average molecular weight is 539 g/mol. The molecule has 7 atom stereocenters. The molecule has 2 N–H and O–H groups in total. The van der Waals surface area contributed by atoms with Gasteiger partial charge in [0.05, 0.1) is 19.1 Å². The lowest BCUT2D eigenvalue weighted by molar-refractivity contribution is -0.145. The Balaban J connectivity index is 1.19. The molecule has 1 amide bonds. The van der Waals surface area contributed by atoms with Crippen LogP contribution in [0.5, 0.6) is 0 Å². The Labute approximate surface area is 230 Å². The average Bonchev–Trinajstić information content (AvgIpc) is 3.55. The maximum atomic E-state index is 12.5. The Kier molecular flexibility index (Phi) is 7.71. The van der Waals surface area contributed by atoms with Crippen molar-refractivity contribution in [1.82, 2.24) is 15.3 Å². The van der Waals surface area contributed by atoms with Gasteiger partial charge in [-0.15, -0.1) is 0 Å². The van der Waals surface area contributed by atoms with Gasteiger partial charge in [-0.3, -0.25) is 9.59 Å². The predicted octanol–water partition coefficient (Wildman–Crippen LogP) is 4.15. The van der Waals surface area contributed by atoms with Gasteiger partial charge in [-0.2, -0.15) is 0 Å². The van der Waals surface area contributed by atoms with Crippen LogP contribution in [-0.4, -0.2) is 53.1 Å². The second kappa shape index (κ2) is 10.9. The van der Waals surface area contributed by atoms with E-state index >= 15 is 0 Å². The molecule has 0 unspecified atom stereocenters. The zero-order chi connectivity index (χ0) is 27.8. The van der Waals surface area contributed by atoms with E-state index in [1.54, 1.807) is 13.1 Å². The zero-order valence-electron chi connectivity index (χ0n) is 23.6. The molecule has 9 heteroatoms. The molecule has 0 bridgehead atoms. The number of amides is 1. The molecule has 0 aliphatic heterocycles. The van der Waals surface area contributed by atoms with Crippen LogP contribution in [0.4, 0.5) is 0 Å². The van der Waals surface area contributed by atoms with Gasteiger partial charge < -0.3 is 19.9 Å². The number of ketones is 1. The number of nitrogens with zero attached hydrogens (tertiary/aromatic N) is 2. The number of hydrogen-bond acceptors (Lipinski definition) is 7. The number of Topliss-reactive ketones (excluding diaryl/α,β-unsaturated/α-hetero) is 1. The lowest BCUT2D eigenvalue weighted by Crippen LogP contribution is -2.51. The minimum absolute atomic E-state index is 0.162. The van der Waals surface area contributed by atoms with Crippen molar-refractivity contribution >= 4 is 23.4 Å². The fourth-order valence-corrected chi connectivity index (χ4v) is 8.67. The Morgan fingerprint density at radius 2 is 1.97 bits per heavy atom. The predicted molar refractivity (Wildman–Crippen MR) is 145 cm³/mol. The van der Waals surface area contributed by atoms with Crippen LogP contribution in [0.3, 0.4) is 0 Å². The van der Waals surface area contributed by atoms with Crippen LogP contribution in [0.2, 0.25) is 0 Å². The highest BCUT2D eigenvalue weighted by Crippen LogP contribution is 2.66. The number of carbonyl (C=O) groups excluding carboxylic acids is 3. The summed E-state index contributed by atoms with van der Waals surface area (Å²) in [4.78, 5) is 49.3. The Hall–Kier alpha value is -2.97. The molecule has 3 saturated carbocycles. The number of esters is 1. The van der Waals surface area contributed by atoms with E-state index in [2.05, 4.69) is 40.4 Å².